The summed E-state index contributed by atoms with van der Waals surface area (Å²) >= 11 is 1.78. The fourth-order valence-corrected chi connectivity index (χ4v) is 3.60. The minimum absolute atomic E-state index is 0.0471. The van der Waals surface area contributed by atoms with E-state index in [1.165, 1.54) is 0 Å². The zero-order chi connectivity index (χ0) is 15.2. The summed E-state index contributed by atoms with van der Waals surface area (Å²) in [5.74, 6) is 1.31. The topological polar surface area (TPSA) is 49.8 Å². The number of aromatic hydroxyl groups is 1. The molecular formula is C16H23NO3S. The van der Waals surface area contributed by atoms with Gasteiger partial charge in [0.2, 0.25) is 5.91 Å². The van der Waals surface area contributed by atoms with E-state index in [2.05, 4.69) is 0 Å². The summed E-state index contributed by atoms with van der Waals surface area (Å²) in [6.07, 6.45) is 1.67. The third-order valence-corrected chi connectivity index (χ3v) is 4.65. The number of ether oxygens (including phenoxy) is 1. The predicted octanol–water partition coefficient (Wildman–Crippen LogP) is 3.17. The number of hydrogen-bond acceptors (Lipinski definition) is 4. The Morgan fingerprint density at radius 2 is 2.10 bits per heavy atom. The molecule has 1 aliphatic rings. The maximum atomic E-state index is 12.2. The lowest BCUT2D eigenvalue weighted by molar-refractivity contribution is -0.132. The highest BCUT2D eigenvalue weighted by molar-refractivity contribution is 7.99. The second-order valence-corrected chi connectivity index (χ2v) is 6.61. The average molecular weight is 309 g/mol. The maximum absolute atomic E-state index is 12.2. The van der Waals surface area contributed by atoms with Gasteiger partial charge in [-0.05, 0) is 38.0 Å². The zero-order valence-electron chi connectivity index (χ0n) is 12.6. The van der Waals surface area contributed by atoms with E-state index in [0.717, 1.165) is 17.7 Å². The molecule has 2 rings (SSSR count). The maximum Gasteiger partial charge on any atom is 0.224 e. The molecule has 1 heterocycles. The summed E-state index contributed by atoms with van der Waals surface area (Å²) < 4.78 is 5.55. The number of carbonyl (C=O) groups is 1. The molecule has 1 atom stereocenters. The minimum Gasteiger partial charge on any atom is -0.508 e. The molecule has 1 fully saturated rings. The van der Waals surface area contributed by atoms with E-state index < -0.39 is 0 Å². The highest BCUT2D eigenvalue weighted by Gasteiger charge is 2.29. The molecule has 116 valence electrons. The lowest BCUT2D eigenvalue weighted by Gasteiger charge is -2.35. The van der Waals surface area contributed by atoms with Crippen LogP contribution in [0, 0.1) is 0 Å². The smallest absolute Gasteiger partial charge is 0.224 e. The Morgan fingerprint density at radius 3 is 2.76 bits per heavy atom. The lowest BCUT2D eigenvalue weighted by atomic mass is 10.2. The van der Waals surface area contributed by atoms with Crippen LogP contribution >= 0.6 is 11.8 Å². The largest absolute Gasteiger partial charge is 0.508 e. The van der Waals surface area contributed by atoms with Crippen LogP contribution < -0.4 is 0 Å². The summed E-state index contributed by atoms with van der Waals surface area (Å²) in [6, 6.07) is 7.14. The molecule has 1 aromatic carbocycles. The lowest BCUT2D eigenvalue weighted by Crippen LogP contribution is -2.38. The molecule has 5 heteroatoms. The number of phenols is 1. The van der Waals surface area contributed by atoms with Crippen molar-refractivity contribution in [3.8, 4) is 5.75 Å². The highest BCUT2D eigenvalue weighted by atomic mass is 32.2. The third-order valence-electron chi connectivity index (χ3n) is 3.37. The van der Waals surface area contributed by atoms with Gasteiger partial charge in [-0.1, -0.05) is 12.1 Å². The van der Waals surface area contributed by atoms with E-state index in [0.29, 0.717) is 19.6 Å². The number of benzene rings is 1. The first kappa shape index (κ1) is 16.2. The Balaban J connectivity index is 1.99. The standard InChI is InChI=1S/C16H23NO3S/c1-12(2)20-10-3-9-17-15(19)8-11-21-16(17)13-4-6-14(18)7-5-13/h4-7,12,16,18H,3,8-11H2,1-2H3. The van der Waals surface area contributed by atoms with Gasteiger partial charge >= 0.3 is 0 Å². The molecule has 1 unspecified atom stereocenters. The third kappa shape index (κ3) is 4.64. The molecule has 1 amide bonds. The number of thioether (sulfide) groups is 1. The van der Waals surface area contributed by atoms with Crippen LogP contribution in [0.25, 0.3) is 0 Å². The van der Waals surface area contributed by atoms with Crippen LogP contribution in [-0.4, -0.2) is 40.9 Å². The number of phenolic OH excluding ortho intramolecular Hbond substituents is 1. The van der Waals surface area contributed by atoms with E-state index >= 15 is 0 Å². The van der Waals surface area contributed by atoms with E-state index in [-0.39, 0.29) is 23.1 Å². The van der Waals surface area contributed by atoms with Crippen LogP contribution in [0.4, 0.5) is 0 Å². The molecule has 0 aliphatic carbocycles. The van der Waals surface area contributed by atoms with Gasteiger partial charge in [-0.2, -0.15) is 0 Å². The predicted molar refractivity (Wildman–Crippen MR) is 85.3 cm³/mol. The van der Waals surface area contributed by atoms with Crippen molar-refractivity contribution in [2.45, 2.75) is 38.2 Å². The molecular weight excluding hydrogens is 286 g/mol. The first-order valence-electron chi connectivity index (χ1n) is 7.39. The number of amides is 1. The second-order valence-electron chi connectivity index (χ2n) is 5.42. The number of hydrogen-bond donors (Lipinski definition) is 1. The van der Waals surface area contributed by atoms with Gasteiger partial charge < -0.3 is 14.7 Å². The fourth-order valence-electron chi connectivity index (χ4n) is 2.33. The van der Waals surface area contributed by atoms with Crippen molar-refractivity contribution in [1.29, 1.82) is 0 Å². The normalized spacial score (nSPS) is 19.3. The van der Waals surface area contributed by atoms with E-state index in [9.17, 15) is 9.90 Å². The van der Waals surface area contributed by atoms with E-state index in [1.807, 2.05) is 30.9 Å². The van der Waals surface area contributed by atoms with Gasteiger partial charge in [0.25, 0.3) is 0 Å². The molecule has 4 nitrogen and oxygen atoms in total. The molecule has 21 heavy (non-hydrogen) atoms. The number of nitrogens with zero attached hydrogens (tertiary/aromatic N) is 1. The van der Waals surface area contributed by atoms with Crippen molar-refractivity contribution in [1.82, 2.24) is 4.90 Å². The van der Waals surface area contributed by atoms with E-state index in [1.54, 1.807) is 23.9 Å². The number of rotatable bonds is 6. The minimum atomic E-state index is 0.0471. The van der Waals surface area contributed by atoms with Gasteiger partial charge in [0, 0.05) is 25.3 Å². The van der Waals surface area contributed by atoms with Gasteiger partial charge in [0.15, 0.2) is 0 Å². The summed E-state index contributed by atoms with van der Waals surface area (Å²) in [5, 5.41) is 9.44. The summed E-state index contributed by atoms with van der Waals surface area (Å²) in [6.45, 7) is 5.42. The molecule has 0 spiro atoms. The molecule has 0 saturated carbocycles. The Morgan fingerprint density at radius 1 is 1.38 bits per heavy atom. The van der Waals surface area contributed by atoms with Crippen LogP contribution in [0.3, 0.4) is 0 Å². The average Bonchev–Trinajstić information content (AvgIpc) is 2.45. The van der Waals surface area contributed by atoms with Crippen LogP contribution in [-0.2, 0) is 9.53 Å². The van der Waals surface area contributed by atoms with Crippen LogP contribution in [0.5, 0.6) is 5.75 Å². The van der Waals surface area contributed by atoms with Gasteiger partial charge in [-0.15, -0.1) is 11.8 Å². The highest BCUT2D eigenvalue weighted by Crippen LogP contribution is 2.37. The molecule has 0 bridgehead atoms. The zero-order valence-corrected chi connectivity index (χ0v) is 13.4. The van der Waals surface area contributed by atoms with Gasteiger partial charge in [0.05, 0.1) is 6.10 Å². The SMILES string of the molecule is CC(C)OCCCN1C(=O)CCSC1c1ccc(O)cc1. The van der Waals surface area contributed by atoms with Crippen LogP contribution in [0.2, 0.25) is 0 Å². The number of carbonyl (C=O) groups excluding carboxylic acids is 1. The summed E-state index contributed by atoms with van der Waals surface area (Å²) in [5.41, 5.74) is 1.07. The second kappa shape index (κ2) is 7.71. The summed E-state index contributed by atoms with van der Waals surface area (Å²) in [7, 11) is 0. The van der Waals surface area contributed by atoms with Crippen molar-refractivity contribution < 1.29 is 14.6 Å². The first-order chi connectivity index (χ1) is 10.1. The van der Waals surface area contributed by atoms with Crippen molar-refractivity contribution in [2.24, 2.45) is 0 Å². The first-order valence-corrected chi connectivity index (χ1v) is 8.44. The molecule has 1 saturated heterocycles. The Kier molecular flexibility index (Phi) is 5.94. The summed E-state index contributed by atoms with van der Waals surface area (Å²) in [4.78, 5) is 14.1. The molecule has 1 aliphatic heterocycles. The molecule has 1 aromatic rings. The van der Waals surface area contributed by atoms with Gasteiger partial charge in [-0.25, -0.2) is 0 Å². The fraction of sp³-hybridized carbons (Fsp3) is 0.562. The van der Waals surface area contributed by atoms with Crippen molar-refractivity contribution in [2.75, 3.05) is 18.9 Å². The van der Waals surface area contributed by atoms with Crippen LogP contribution in [0.15, 0.2) is 24.3 Å². The van der Waals surface area contributed by atoms with Crippen molar-refractivity contribution in [3.05, 3.63) is 29.8 Å². The Hall–Kier alpha value is -1.20. The van der Waals surface area contributed by atoms with Gasteiger partial charge in [0.1, 0.15) is 11.1 Å². The molecule has 1 N–H and O–H groups in total. The molecule has 0 aromatic heterocycles. The van der Waals surface area contributed by atoms with Crippen molar-refractivity contribution in [3.63, 3.8) is 0 Å². The Labute approximate surface area is 130 Å². The van der Waals surface area contributed by atoms with E-state index in [4.69, 9.17) is 4.74 Å². The monoisotopic (exact) mass is 309 g/mol. The van der Waals surface area contributed by atoms with Crippen molar-refractivity contribution >= 4 is 17.7 Å². The Bertz CT molecular complexity index is 461. The quantitative estimate of drug-likeness (QED) is 0.820. The van der Waals surface area contributed by atoms with Crippen LogP contribution in [0.1, 0.15) is 37.6 Å². The molecule has 0 radical (unpaired) electrons. The van der Waals surface area contributed by atoms with Gasteiger partial charge in [-0.3, -0.25) is 4.79 Å².